The molecule has 1 aromatic carbocycles. The second-order valence-corrected chi connectivity index (χ2v) is 7.20. The molecule has 0 saturated heterocycles. The minimum atomic E-state index is -0.497. The molecule has 2 rings (SSSR count). The van der Waals surface area contributed by atoms with Crippen molar-refractivity contribution in [1.82, 2.24) is 5.32 Å². The van der Waals surface area contributed by atoms with Gasteiger partial charge in [-0.3, -0.25) is 4.79 Å². The van der Waals surface area contributed by atoms with Gasteiger partial charge in [0.2, 0.25) is 5.91 Å². The molecule has 1 aliphatic rings. The number of nitrogens with two attached hydrogens (primary N) is 1. The first-order valence-corrected chi connectivity index (χ1v) is 8.30. The molecule has 0 heterocycles. The maximum absolute atomic E-state index is 11.8. The quantitative estimate of drug-likeness (QED) is 0.847. The van der Waals surface area contributed by atoms with Crippen molar-refractivity contribution in [2.24, 2.45) is 5.73 Å². The minimum Gasteiger partial charge on any atom is -0.368 e. The number of amides is 1. The summed E-state index contributed by atoms with van der Waals surface area (Å²) in [7, 11) is 0. The third-order valence-electron chi connectivity index (χ3n) is 3.83. The Balaban J connectivity index is 1.91. The van der Waals surface area contributed by atoms with Crippen molar-refractivity contribution < 1.29 is 4.79 Å². The van der Waals surface area contributed by atoms with E-state index >= 15 is 0 Å². The monoisotopic (exact) mass is 292 g/mol. The van der Waals surface area contributed by atoms with Gasteiger partial charge in [-0.15, -0.1) is 0 Å². The van der Waals surface area contributed by atoms with E-state index in [0.717, 1.165) is 25.0 Å². The first-order chi connectivity index (χ1) is 9.52. The van der Waals surface area contributed by atoms with Crippen LogP contribution in [0.2, 0.25) is 0 Å². The largest absolute Gasteiger partial charge is 0.368 e. The van der Waals surface area contributed by atoms with E-state index in [0.29, 0.717) is 5.25 Å². The second-order valence-electron chi connectivity index (χ2n) is 5.91. The molecule has 110 valence electrons. The molecule has 1 aromatic rings. The Morgan fingerprint density at radius 2 is 2.15 bits per heavy atom. The zero-order valence-corrected chi connectivity index (χ0v) is 13.1. The van der Waals surface area contributed by atoms with E-state index < -0.39 is 5.54 Å². The SMILES string of the molecule is CC(C)NC1(C(N)=O)CCC(SCc2ccccc2)C1. The van der Waals surface area contributed by atoms with E-state index in [1.54, 1.807) is 0 Å². The highest BCUT2D eigenvalue weighted by molar-refractivity contribution is 7.99. The first-order valence-electron chi connectivity index (χ1n) is 7.25. The van der Waals surface area contributed by atoms with Crippen LogP contribution in [0, 0.1) is 0 Å². The number of primary amides is 1. The lowest BCUT2D eigenvalue weighted by molar-refractivity contribution is -0.124. The molecule has 0 radical (unpaired) electrons. The number of hydrogen-bond donors (Lipinski definition) is 2. The predicted molar refractivity (Wildman–Crippen MR) is 85.6 cm³/mol. The Bertz CT molecular complexity index is 449. The Kier molecular flexibility index (Phi) is 5.11. The Hall–Kier alpha value is -1.00. The molecule has 1 amide bonds. The summed E-state index contributed by atoms with van der Waals surface area (Å²) >= 11 is 1.94. The molecule has 2 unspecified atom stereocenters. The highest BCUT2D eigenvalue weighted by atomic mass is 32.2. The van der Waals surface area contributed by atoms with Crippen molar-refractivity contribution in [2.45, 2.75) is 55.7 Å². The van der Waals surface area contributed by atoms with E-state index in [4.69, 9.17) is 5.73 Å². The molecule has 2 atom stereocenters. The van der Waals surface area contributed by atoms with Gasteiger partial charge < -0.3 is 11.1 Å². The van der Waals surface area contributed by atoms with Gasteiger partial charge >= 0.3 is 0 Å². The molecule has 4 heteroatoms. The normalized spacial score (nSPS) is 26.1. The highest BCUT2D eigenvalue weighted by Gasteiger charge is 2.44. The first kappa shape index (κ1) is 15.4. The summed E-state index contributed by atoms with van der Waals surface area (Å²) in [5.41, 5.74) is 6.48. The smallest absolute Gasteiger partial charge is 0.237 e. The summed E-state index contributed by atoms with van der Waals surface area (Å²) in [6, 6.07) is 10.7. The van der Waals surface area contributed by atoms with E-state index in [2.05, 4.69) is 43.4 Å². The van der Waals surface area contributed by atoms with Gasteiger partial charge in [0.1, 0.15) is 0 Å². The van der Waals surface area contributed by atoms with Crippen LogP contribution in [0.5, 0.6) is 0 Å². The molecular formula is C16H24N2OS. The van der Waals surface area contributed by atoms with Gasteiger partial charge in [0.05, 0.1) is 5.54 Å². The van der Waals surface area contributed by atoms with Crippen LogP contribution in [-0.4, -0.2) is 22.7 Å². The van der Waals surface area contributed by atoms with Crippen LogP contribution in [0.25, 0.3) is 0 Å². The molecular weight excluding hydrogens is 268 g/mol. The number of carbonyl (C=O) groups is 1. The molecule has 1 aliphatic carbocycles. The van der Waals surface area contributed by atoms with Gasteiger partial charge in [-0.05, 0) is 38.7 Å². The molecule has 0 aliphatic heterocycles. The summed E-state index contributed by atoms with van der Waals surface area (Å²) in [4.78, 5) is 11.8. The lowest BCUT2D eigenvalue weighted by atomic mass is 9.96. The number of hydrogen-bond acceptors (Lipinski definition) is 3. The zero-order chi connectivity index (χ0) is 14.6. The third-order valence-corrected chi connectivity index (χ3v) is 5.21. The van der Waals surface area contributed by atoms with Gasteiger partial charge in [-0.25, -0.2) is 0 Å². The number of carbonyl (C=O) groups excluding carboxylic acids is 1. The average molecular weight is 292 g/mol. The van der Waals surface area contributed by atoms with Crippen molar-refractivity contribution >= 4 is 17.7 Å². The molecule has 3 N–H and O–H groups in total. The summed E-state index contributed by atoms with van der Waals surface area (Å²) in [5, 5.41) is 3.90. The van der Waals surface area contributed by atoms with Crippen LogP contribution < -0.4 is 11.1 Å². The van der Waals surface area contributed by atoms with Crippen LogP contribution in [0.15, 0.2) is 30.3 Å². The van der Waals surface area contributed by atoms with E-state index in [9.17, 15) is 4.79 Å². The number of nitrogens with one attached hydrogen (secondary N) is 1. The number of thioether (sulfide) groups is 1. The van der Waals surface area contributed by atoms with Crippen molar-refractivity contribution in [3.63, 3.8) is 0 Å². The van der Waals surface area contributed by atoms with Crippen LogP contribution in [0.1, 0.15) is 38.7 Å². The molecule has 1 fully saturated rings. The van der Waals surface area contributed by atoms with Crippen molar-refractivity contribution in [2.75, 3.05) is 0 Å². The van der Waals surface area contributed by atoms with Gasteiger partial charge in [-0.1, -0.05) is 30.3 Å². The predicted octanol–water partition coefficient (Wildman–Crippen LogP) is 2.69. The molecule has 0 bridgehead atoms. The lowest BCUT2D eigenvalue weighted by Gasteiger charge is -2.29. The molecule has 20 heavy (non-hydrogen) atoms. The van der Waals surface area contributed by atoms with Gasteiger partial charge in [0.25, 0.3) is 0 Å². The summed E-state index contributed by atoms with van der Waals surface area (Å²) in [6.45, 7) is 4.13. The lowest BCUT2D eigenvalue weighted by Crippen LogP contribution is -2.56. The van der Waals surface area contributed by atoms with Gasteiger partial charge in [0, 0.05) is 17.0 Å². The van der Waals surface area contributed by atoms with Crippen LogP contribution >= 0.6 is 11.8 Å². The van der Waals surface area contributed by atoms with Gasteiger partial charge in [-0.2, -0.15) is 11.8 Å². The summed E-state index contributed by atoms with van der Waals surface area (Å²) in [5.74, 6) is 0.802. The van der Waals surface area contributed by atoms with Crippen LogP contribution in [0.4, 0.5) is 0 Å². The highest BCUT2D eigenvalue weighted by Crippen LogP contribution is 2.38. The van der Waals surface area contributed by atoms with Crippen LogP contribution in [0.3, 0.4) is 0 Å². The van der Waals surface area contributed by atoms with Crippen molar-refractivity contribution in [3.8, 4) is 0 Å². The van der Waals surface area contributed by atoms with Crippen LogP contribution in [-0.2, 0) is 10.5 Å². The third kappa shape index (κ3) is 3.76. The molecule has 1 saturated carbocycles. The Morgan fingerprint density at radius 3 is 2.75 bits per heavy atom. The van der Waals surface area contributed by atoms with E-state index in [1.807, 2.05) is 17.8 Å². The van der Waals surface area contributed by atoms with E-state index in [1.165, 1.54) is 5.56 Å². The topological polar surface area (TPSA) is 55.1 Å². The summed E-state index contributed by atoms with van der Waals surface area (Å²) < 4.78 is 0. The summed E-state index contributed by atoms with van der Waals surface area (Å²) in [6.07, 6.45) is 2.76. The standard InChI is InChI=1S/C16H24N2OS/c1-12(2)18-16(15(17)19)9-8-14(10-16)20-11-13-6-4-3-5-7-13/h3-7,12,14,18H,8-11H2,1-2H3,(H2,17,19). The fourth-order valence-corrected chi connectivity index (χ4v) is 4.22. The number of rotatable bonds is 6. The zero-order valence-electron chi connectivity index (χ0n) is 12.3. The van der Waals surface area contributed by atoms with E-state index in [-0.39, 0.29) is 11.9 Å². The molecule has 0 spiro atoms. The number of benzene rings is 1. The Labute approximate surface area is 125 Å². The fourth-order valence-electron chi connectivity index (χ4n) is 2.91. The maximum Gasteiger partial charge on any atom is 0.237 e. The fraction of sp³-hybridized carbons (Fsp3) is 0.562. The molecule has 3 nitrogen and oxygen atoms in total. The minimum absolute atomic E-state index is 0.200. The van der Waals surface area contributed by atoms with Crippen molar-refractivity contribution in [3.05, 3.63) is 35.9 Å². The molecule has 0 aromatic heterocycles. The average Bonchev–Trinajstić information content (AvgIpc) is 2.81. The Morgan fingerprint density at radius 1 is 1.45 bits per heavy atom. The van der Waals surface area contributed by atoms with Gasteiger partial charge in [0.15, 0.2) is 0 Å². The van der Waals surface area contributed by atoms with Crippen molar-refractivity contribution in [1.29, 1.82) is 0 Å². The maximum atomic E-state index is 11.8. The second kappa shape index (κ2) is 6.64.